The lowest BCUT2D eigenvalue weighted by Gasteiger charge is -2.04. The molecule has 0 aliphatic rings. The molecular formula is C15H16N2S2. The van der Waals surface area contributed by atoms with Gasteiger partial charge in [-0.1, -0.05) is 19.1 Å². The van der Waals surface area contributed by atoms with Crippen molar-refractivity contribution < 1.29 is 0 Å². The monoisotopic (exact) mass is 288 g/mol. The van der Waals surface area contributed by atoms with Crippen molar-refractivity contribution in [3.63, 3.8) is 0 Å². The summed E-state index contributed by atoms with van der Waals surface area (Å²) >= 11 is 7.33. The van der Waals surface area contributed by atoms with Crippen molar-refractivity contribution in [3.05, 3.63) is 50.4 Å². The van der Waals surface area contributed by atoms with Crippen LogP contribution in [-0.4, -0.2) is 9.55 Å². The molecule has 98 valence electrons. The van der Waals surface area contributed by atoms with Crippen molar-refractivity contribution in [2.45, 2.75) is 26.8 Å². The summed E-state index contributed by atoms with van der Waals surface area (Å²) in [6.07, 6.45) is 1.10. The van der Waals surface area contributed by atoms with E-state index in [0.29, 0.717) is 0 Å². The highest BCUT2D eigenvalue weighted by atomic mass is 32.1. The minimum Gasteiger partial charge on any atom is -0.331 e. The standard InChI is InChI=1S/C15H16N2S2/c1-3-11-7-8-12(19-11)9-17-14-10(2)5-4-6-13(14)16-15(17)18/h4-8H,3,9H2,1-2H3,(H,16,18). The van der Waals surface area contributed by atoms with Crippen LogP contribution in [0.5, 0.6) is 0 Å². The number of benzene rings is 1. The predicted molar refractivity (Wildman–Crippen MR) is 84.7 cm³/mol. The average Bonchev–Trinajstić information content (AvgIpc) is 2.96. The molecule has 0 bridgehead atoms. The minimum absolute atomic E-state index is 0.802. The number of nitrogens with one attached hydrogen (secondary N) is 1. The molecular weight excluding hydrogens is 272 g/mol. The Morgan fingerprint density at radius 2 is 2.00 bits per heavy atom. The SMILES string of the molecule is CCc1ccc(Cn2c(=S)[nH]c3cccc(C)c32)s1. The van der Waals surface area contributed by atoms with Gasteiger partial charge in [0.1, 0.15) is 0 Å². The maximum absolute atomic E-state index is 5.46. The van der Waals surface area contributed by atoms with Crippen LogP contribution in [0.15, 0.2) is 30.3 Å². The van der Waals surface area contributed by atoms with Crippen LogP contribution in [-0.2, 0) is 13.0 Å². The summed E-state index contributed by atoms with van der Waals surface area (Å²) in [6.45, 7) is 5.18. The zero-order valence-electron chi connectivity index (χ0n) is 11.1. The summed E-state index contributed by atoms with van der Waals surface area (Å²) in [5.74, 6) is 0. The van der Waals surface area contributed by atoms with Gasteiger partial charge in [-0.25, -0.2) is 0 Å². The van der Waals surface area contributed by atoms with E-state index in [9.17, 15) is 0 Å². The first-order chi connectivity index (χ1) is 9.19. The molecule has 4 heteroatoms. The van der Waals surface area contributed by atoms with Crippen LogP contribution in [0.25, 0.3) is 11.0 Å². The Morgan fingerprint density at radius 3 is 2.74 bits per heavy atom. The Kier molecular flexibility index (Phi) is 3.29. The highest BCUT2D eigenvalue weighted by molar-refractivity contribution is 7.71. The number of hydrogen-bond donors (Lipinski definition) is 1. The summed E-state index contributed by atoms with van der Waals surface area (Å²) in [4.78, 5) is 6.08. The number of imidazole rings is 1. The zero-order chi connectivity index (χ0) is 13.4. The zero-order valence-corrected chi connectivity index (χ0v) is 12.7. The van der Waals surface area contributed by atoms with E-state index >= 15 is 0 Å². The molecule has 0 saturated heterocycles. The molecule has 2 heterocycles. The second kappa shape index (κ2) is 4.94. The third kappa shape index (κ3) is 2.26. The first-order valence-corrected chi connectivity index (χ1v) is 7.67. The topological polar surface area (TPSA) is 20.7 Å². The van der Waals surface area contributed by atoms with E-state index in [0.717, 1.165) is 23.3 Å². The molecule has 2 nitrogen and oxygen atoms in total. The number of fused-ring (bicyclic) bond motifs is 1. The average molecular weight is 288 g/mol. The van der Waals surface area contributed by atoms with Crippen LogP contribution < -0.4 is 0 Å². The summed E-state index contributed by atoms with van der Waals surface area (Å²) in [7, 11) is 0. The molecule has 0 fully saturated rings. The number of H-pyrrole nitrogens is 1. The van der Waals surface area contributed by atoms with Crippen molar-refractivity contribution in [2.75, 3.05) is 0 Å². The molecule has 0 saturated carbocycles. The molecule has 0 amide bonds. The van der Waals surface area contributed by atoms with Crippen molar-refractivity contribution in [3.8, 4) is 0 Å². The Morgan fingerprint density at radius 1 is 1.21 bits per heavy atom. The molecule has 0 aliphatic heterocycles. The van der Waals surface area contributed by atoms with Gasteiger partial charge in [-0.15, -0.1) is 11.3 Å². The predicted octanol–water partition coefficient (Wildman–Crippen LogP) is 4.68. The number of para-hydroxylation sites is 1. The first-order valence-electron chi connectivity index (χ1n) is 6.44. The molecule has 1 aromatic carbocycles. The van der Waals surface area contributed by atoms with Gasteiger partial charge in [0.25, 0.3) is 0 Å². The lowest BCUT2D eigenvalue weighted by Crippen LogP contribution is -1.98. The Hall–Kier alpha value is -1.39. The van der Waals surface area contributed by atoms with Gasteiger partial charge < -0.3 is 9.55 Å². The van der Waals surface area contributed by atoms with Gasteiger partial charge in [0.2, 0.25) is 0 Å². The van der Waals surface area contributed by atoms with Gasteiger partial charge in [-0.2, -0.15) is 0 Å². The molecule has 0 atom stereocenters. The smallest absolute Gasteiger partial charge is 0.178 e. The fraction of sp³-hybridized carbons (Fsp3) is 0.267. The first kappa shape index (κ1) is 12.6. The van der Waals surface area contributed by atoms with E-state index in [1.54, 1.807) is 0 Å². The van der Waals surface area contributed by atoms with E-state index in [1.165, 1.54) is 20.8 Å². The van der Waals surface area contributed by atoms with E-state index in [4.69, 9.17) is 12.2 Å². The summed E-state index contributed by atoms with van der Waals surface area (Å²) in [5.41, 5.74) is 3.60. The molecule has 0 spiro atoms. The molecule has 0 radical (unpaired) electrons. The summed E-state index contributed by atoms with van der Waals surface area (Å²) in [5, 5.41) is 0. The van der Waals surface area contributed by atoms with Crippen molar-refractivity contribution in [1.82, 2.24) is 9.55 Å². The highest BCUT2D eigenvalue weighted by Gasteiger charge is 2.08. The van der Waals surface area contributed by atoms with E-state index in [1.807, 2.05) is 11.3 Å². The van der Waals surface area contributed by atoms with Gasteiger partial charge in [0, 0.05) is 9.75 Å². The van der Waals surface area contributed by atoms with Crippen LogP contribution in [0, 0.1) is 11.7 Å². The molecule has 3 aromatic rings. The van der Waals surface area contributed by atoms with Crippen LogP contribution in [0.2, 0.25) is 0 Å². The Balaban J connectivity index is 2.09. The third-order valence-electron chi connectivity index (χ3n) is 3.37. The molecule has 0 aliphatic carbocycles. The van der Waals surface area contributed by atoms with E-state index < -0.39 is 0 Å². The fourth-order valence-corrected chi connectivity index (χ4v) is 3.62. The number of aromatic amines is 1. The normalized spacial score (nSPS) is 11.3. The van der Waals surface area contributed by atoms with Crippen molar-refractivity contribution in [2.24, 2.45) is 0 Å². The summed E-state index contributed by atoms with van der Waals surface area (Å²) in [6, 6.07) is 10.7. The van der Waals surface area contributed by atoms with Crippen LogP contribution in [0.1, 0.15) is 22.2 Å². The highest BCUT2D eigenvalue weighted by Crippen LogP contribution is 2.23. The summed E-state index contributed by atoms with van der Waals surface area (Å²) < 4.78 is 3.00. The van der Waals surface area contributed by atoms with Gasteiger partial charge in [0.05, 0.1) is 17.6 Å². The lowest BCUT2D eigenvalue weighted by molar-refractivity contribution is 0.821. The number of aromatic nitrogens is 2. The number of nitrogens with zero attached hydrogens (tertiary/aromatic N) is 1. The maximum Gasteiger partial charge on any atom is 0.178 e. The van der Waals surface area contributed by atoms with E-state index in [-0.39, 0.29) is 0 Å². The van der Waals surface area contributed by atoms with E-state index in [2.05, 4.69) is 53.7 Å². The minimum atomic E-state index is 0.802. The second-order valence-electron chi connectivity index (χ2n) is 4.71. The number of thiophene rings is 1. The van der Waals surface area contributed by atoms with Crippen LogP contribution in [0.4, 0.5) is 0 Å². The number of rotatable bonds is 3. The quantitative estimate of drug-likeness (QED) is 0.694. The van der Waals surface area contributed by atoms with Gasteiger partial charge >= 0.3 is 0 Å². The van der Waals surface area contributed by atoms with Gasteiger partial charge in [-0.3, -0.25) is 0 Å². The maximum atomic E-state index is 5.46. The number of aryl methyl sites for hydroxylation is 2. The fourth-order valence-electron chi connectivity index (χ4n) is 2.41. The van der Waals surface area contributed by atoms with Crippen molar-refractivity contribution >= 4 is 34.6 Å². The molecule has 3 rings (SSSR count). The molecule has 1 N–H and O–H groups in total. The Labute approximate surface area is 121 Å². The molecule has 2 aromatic heterocycles. The van der Waals surface area contributed by atoms with Gasteiger partial charge in [-0.05, 0) is 49.3 Å². The van der Waals surface area contributed by atoms with Crippen LogP contribution >= 0.6 is 23.6 Å². The second-order valence-corrected chi connectivity index (χ2v) is 6.35. The number of hydrogen-bond acceptors (Lipinski definition) is 2. The molecule has 19 heavy (non-hydrogen) atoms. The van der Waals surface area contributed by atoms with Crippen molar-refractivity contribution in [1.29, 1.82) is 0 Å². The largest absolute Gasteiger partial charge is 0.331 e. The van der Waals surface area contributed by atoms with Crippen LogP contribution in [0.3, 0.4) is 0 Å². The Bertz CT molecular complexity index is 777. The lowest BCUT2D eigenvalue weighted by atomic mass is 10.2. The molecule has 0 unspecified atom stereocenters. The third-order valence-corrected chi connectivity index (χ3v) is 4.91. The van der Waals surface area contributed by atoms with Gasteiger partial charge in [0.15, 0.2) is 4.77 Å².